The van der Waals surface area contributed by atoms with Gasteiger partial charge in [-0.15, -0.1) is 10.2 Å². The molecule has 106 valence electrons. The maximum Gasteiger partial charge on any atom is 0.247 e. The lowest BCUT2D eigenvalue weighted by Gasteiger charge is -2.04. The molecule has 0 fully saturated rings. The normalized spacial score (nSPS) is 10.6. The second kappa shape index (κ2) is 6.16. The van der Waals surface area contributed by atoms with Crippen molar-refractivity contribution in [2.24, 2.45) is 0 Å². The Morgan fingerprint density at radius 3 is 2.48 bits per heavy atom. The lowest BCUT2D eigenvalue weighted by Crippen LogP contribution is -1.99. The number of para-hydroxylation sites is 1. The summed E-state index contributed by atoms with van der Waals surface area (Å²) in [6.45, 7) is 0.407. The van der Waals surface area contributed by atoms with E-state index in [0.717, 1.165) is 11.3 Å². The van der Waals surface area contributed by atoms with Gasteiger partial charge < -0.3 is 9.73 Å². The highest BCUT2D eigenvalue weighted by molar-refractivity contribution is 6.33. The Morgan fingerprint density at radius 2 is 1.71 bits per heavy atom. The van der Waals surface area contributed by atoms with Crippen LogP contribution in [0.15, 0.2) is 52.9 Å². The van der Waals surface area contributed by atoms with E-state index in [9.17, 15) is 0 Å². The number of benzene rings is 2. The van der Waals surface area contributed by atoms with E-state index in [1.807, 2.05) is 36.4 Å². The Bertz CT molecular complexity index is 741. The summed E-state index contributed by atoms with van der Waals surface area (Å²) in [6.07, 6.45) is 0. The first kappa shape index (κ1) is 13.9. The Morgan fingerprint density at radius 1 is 0.952 bits per heavy atom. The lowest BCUT2D eigenvalue weighted by atomic mass is 10.2. The molecule has 0 aliphatic rings. The highest BCUT2D eigenvalue weighted by Crippen LogP contribution is 2.23. The van der Waals surface area contributed by atoms with Gasteiger partial charge in [0.2, 0.25) is 11.8 Å². The molecule has 21 heavy (non-hydrogen) atoms. The third-order valence-corrected chi connectivity index (χ3v) is 3.44. The Hall–Kier alpha value is -2.04. The second-order valence-electron chi connectivity index (χ2n) is 4.34. The fourth-order valence-corrected chi connectivity index (χ4v) is 2.14. The van der Waals surface area contributed by atoms with Crippen LogP contribution in [0.3, 0.4) is 0 Å². The van der Waals surface area contributed by atoms with Crippen LogP contribution in [-0.2, 0) is 6.54 Å². The van der Waals surface area contributed by atoms with Gasteiger partial charge in [-0.05, 0) is 36.4 Å². The monoisotopic (exact) mass is 319 g/mol. The minimum atomic E-state index is 0.407. The Labute approximate surface area is 131 Å². The molecule has 0 bridgehead atoms. The van der Waals surface area contributed by atoms with E-state index in [1.54, 1.807) is 12.1 Å². The molecule has 1 aromatic heterocycles. The summed E-state index contributed by atoms with van der Waals surface area (Å²) in [5.74, 6) is 0.947. The molecule has 3 rings (SSSR count). The zero-order valence-electron chi connectivity index (χ0n) is 10.9. The van der Waals surface area contributed by atoms with E-state index in [2.05, 4.69) is 15.5 Å². The van der Waals surface area contributed by atoms with Gasteiger partial charge in [0.05, 0.1) is 17.3 Å². The topological polar surface area (TPSA) is 51.0 Å². The van der Waals surface area contributed by atoms with Crippen LogP contribution in [0.1, 0.15) is 5.89 Å². The van der Waals surface area contributed by atoms with E-state index in [1.165, 1.54) is 0 Å². The molecule has 0 aliphatic heterocycles. The first-order valence-corrected chi connectivity index (χ1v) is 7.05. The third-order valence-electron chi connectivity index (χ3n) is 2.86. The largest absolute Gasteiger partial charge is 0.419 e. The van der Waals surface area contributed by atoms with Crippen molar-refractivity contribution in [2.75, 3.05) is 5.32 Å². The minimum Gasteiger partial charge on any atom is -0.419 e. The number of nitrogens with zero attached hydrogens (tertiary/aromatic N) is 2. The van der Waals surface area contributed by atoms with Gasteiger partial charge in [0.1, 0.15) is 0 Å². The van der Waals surface area contributed by atoms with E-state index in [4.69, 9.17) is 27.6 Å². The summed E-state index contributed by atoms with van der Waals surface area (Å²) in [4.78, 5) is 0. The Balaban J connectivity index is 1.71. The van der Waals surface area contributed by atoms with Gasteiger partial charge in [-0.2, -0.15) is 0 Å². The number of hydrogen-bond acceptors (Lipinski definition) is 4. The number of nitrogens with one attached hydrogen (secondary N) is 1. The van der Waals surface area contributed by atoms with Crippen LogP contribution >= 0.6 is 23.2 Å². The molecular formula is C15H11Cl2N3O. The number of rotatable bonds is 4. The van der Waals surface area contributed by atoms with Gasteiger partial charge in [0.15, 0.2) is 0 Å². The van der Waals surface area contributed by atoms with Gasteiger partial charge in [0, 0.05) is 10.6 Å². The molecular weight excluding hydrogens is 309 g/mol. The minimum absolute atomic E-state index is 0.407. The summed E-state index contributed by atoms with van der Waals surface area (Å²) in [6, 6.07) is 14.7. The predicted octanol–water partition coefficient (Wildman–Crippen LogP) is 4.66. The van der Waals surface area contributed by atoms with Gasteiger partial charge in [-0.1, -0.05) is 35.3 Å². The van der Waals surface area contributed by atoms with Crippen LogP contribution in [0.5, 0.6) is 0 Å². The zero-order chi connectivity index (χ0) is 14.7. The first-order valence-electron chi connectivity index (χ1n) is 6.29. The molecule has 0 amide bonds. The standard InChI is InChI=1S/C15H11Cl2N3O/c16-11-7-5-10(6-8-11)15-20-19-14(21-15)9-18-13-4-2-1-3-12(13)17/h1-8,18H,9H2. The van der Waals surface area contributed by atoms with Crippen LogP contribution in [0, 0.1) is 0 Å². The fraction of sp³-hybridized carbons (Fsp3) is 0.0667. The van der Waals surface area contributed by atoms with Crippen molar-refractivity contribution < 1.29 is 4.42 Å². The quantitative estimate of drug-likeness (QED) is 0.760. The van der Waals surface area contributed by atoms with Crippen LogP contribution < -0.4 is 5.32 Å². The molecule has 0 unspecified atom stereocenters. The van der Waals surface area contributed by atoms with Gasteiger partial charge >= 0.3 is 0 Å². The first-order chi connectivity index (χ1) is 10.2. The van der Waals surface area contributed by atoms with Crippen molar-refractivity contribution in [3.8, 4) is 11.5 Å². The highest BCUT2D eigenvalue weighted by Gasteiger charge is 2.08. The molecule has 0 aliphatic carbocycles. The van der Waals surface area contributed by atoms with E-state index < -0.39 is 0 Å². The molecule has 1 N–H and O–H groups in total. The molecule has 0 radical (unpaired) electrons. The molecule has 3 aromatic rings. The van der Waals surface area contributed by atoms with Crippen molar-refractivity contribution in [2.45, 2.75) is 6.54 Å². The van der Waals surface area contributed by atoms with Crippen LogP contribution in [-0.4, -0.2) is 10.2 Å². The molecule has 0 spiro atoms. The number of anilines is 1. The third kappa shape index (κ3) is 3.35. The van der Waals surface area contributed by atoms with Crippen LogP contribution in [0.4, 0.5) is 5.69 Å². The average molecular weight is 320 g/mol. The maximum atomic E-state index is 6.06. The summed E-state index contributed by atoms with van der Waals surface area (Å²) in [5, 5.41) is 12.5. The van der Waals surface area contributed by atoms with Crippen LogP contribution in [0.25, 0.3) is 11.5 Å². The number of hydrogen-bond donors (Lipinski definition) is 1. The number of aromatic nitrogens is 2. The summed E-state index contributed by atoms with van der Waals surface area (Å²) < 4.78 is 5.60. The molecule has 1 heterocycles. The SMILES string of the molecule is Clc1ccc(-c2nnc(CNc3ccccc3Cl)o2)cc1. The zero-order valence-corrected chi connectivity index (χ0v) is 12.4. The molecule has 0 saturated carbocycles. The van der Waals surface area contributed by atoms with Crippen molar-refractivity contribution in [3.05, 3.63) is 64.5 Å². The van der Waals surface area contributed by atoms with Gasteiger partial charge in [-0.3, -0.25) is 0 Å². The van der Waals surface area contributed by atoms with Gasteiger partial charge in [-0.25, -0.2) is 0 Å². The van der Waals surface area contributed by atoms with Gasteiger partial charge in [0.25, 0.3) is 0 Å². The second-order valence-corrected chi connectivity index (χ2v) is 5.18. The lowest BCUT2D eigenvalue weighted by molar-refractivity contribution is 0.515. The maximum absolute atomic E-state index is 6.06. The highest BCUT2D eigenvalue weighted by atomic mass is 35.5. The van der Waals surface area contributed by atoms with Crippen molar-refractivity contribution in [1.29, 1.82) is 0 Å². The van der Waals surface area contributed by atoms with Crippen molar-refractivity contribution in [1.82, 2.24) is 10.2 Å². The predicted molar refractivity (Wildman–Crippen MR) is 83.5 cm³/mol. The Kier molecular flexibility index (Phi) is 4.08. The van der Waals surface area contributed by atoms with E-state index in [0.29, 0.717) is 28.4 Å². The molecule has 2 aromatic carbocycles. The van der Waals surface area contributed by atoms with E-state index in [-0.39, 0.29) is 0 Å². The number of halogens is 2. The summed E-state index contributed by atoms with van der Waals surface area (Å²) >= 11 is 11.9. The smallest absolute Gasteiger partial charge is 0.247 e. The summed E-state index contributed by atoms with van der Waals surface area (Å²) in [7, 11) is 0. The molecule has 4 nitrogen and oxygen atoms in total. The summed E-state index contributed by atoms with van der Waals surface area (Å²) in [5.41, 5.74) is 1.65. The average Bonchev–Trinajstić information content (AvgIpc) is 2.96. The van der Waals surface area contributed by atoms with Crippen molar-refractivity contribution >= 4 is 28.9 Å². The fourth-order valence-electron chi connectivity index (χ4n) is 1.81. The molecule has 6 heteroatoms. The van der Waals surface area contributed by atoms with E-state index >= 15 is 0 Å². The van der Waals surface area contributed by atoms with Crippen LogP contribution in [0.2, 0.25) is 10.0 Å². The molecule has 0 saturated heterocycles. The molecule has 0 atom stereocenters. The van der Waals surface area contributed by atoms with Crippen molar-refractivity contribution in [3.63, 3.8) is 0 Å².